The first-order chi connectivity index (χ1) is 13.2. The van der Waals surface area contributed by atoms with Gasteiger partial charge in [0.05, 0.1) is 0 Å². The van der Waals surface area contributed by atoms with Crippen molar-refractivity contribution in [3.63, 3.8) is 0 Å². The second-order valence-corrected chi connectivity index (χ2v) is 6.93. The normalized spacial score (nSPS) is 11.3. The van der Waals surface area contributed by atoms with Gasteiger partial charge in [0.2, 0.25) is 0 Å². The van der Waals surface area contributed by atoms with Gasteiger partial charge in [-0.1, -0.05) is 60.2 Å². The van der Waals surface area contributed by atoms with Crippen LogP contribution in [0.1, 0.15) is 5.56 Å². The molecule has 0 aliphatic carbocycles. The summed E-state index contributed by atoms with van der Waals surface area (Å²) >= 11 is 0. The van der Waals surface area contributed by atoms with E-state index in [1.54, 1.807) is 0 Å². The molecule has 2 heterocycles. The maximum absolute atomic E-state index is 6.09. The Morgan fingerprint density at radius 1 is 0.852 bits per heavy atom. The van der Waals surface area contributed by atoms with E-state index in [0.717, 1.165) is 38.8 Å². The second kappa shape index (κ2) is 5.99. The van der Waals surface area contributed by atoms with Gasteiger partial charge in [-0.2, -0.15) is 0 Å². The number of pyridine rings is 1. The Morgan fingerprint density at radius 2 is 1.63 bits per heavy atom. The fraction of sp³-hybridized carbons (Fsp3) is 0.0417. The lowest BCUT2D eigenvalue weighted by atomic mass is 9.92. The minimum atomic E-state index is 0.753. The quantitative estimate of drug-likeness (QED) is 0.387. The van der Waals surface area contributed by atoms with Crippen molar-refractivity contribution in [3.8, 4) is 22.3 Å². The number of hydrogen-bond donors (Lipinski definition) is 2. The number of aryl methyl sites for hydroxylation is 1. The summed E-state index contributed by atoms with van der Waals surface area (Å²) in [5.74, 6) is 0. The topological polar surface area (TPSA) is 54.7 Å². The van der Waals surface area contributed by atoms with Crippen LogP contribution in [0.15, 0.2) is 79.0 Å². The first-order valence-corrected chi connectivity index (χ1v) is 9.03. The van der Waals surface area contributed by atoms with E-state index < -0.39 is 0 Å². The summed E-state index contributed by atoms with van der Waals surface area (Å²) < 4.78 is 0. The molecule has 5 aromatic rings. The summed E-state index contributed by atoms with van der Waals surface area (Å²) in [4.78, 5) is 8.17. The molecule has 0 radical (unpaired) electrons. The number of nitrogen functional groups attached to an aromatic ring is 1. The predicted octanol–water partition coefficient (Wildman–Crippen LogP) is 5.94. The van der Waals surface area contributed by atoms with E-state index in [1.165, 1.54) is 16.7 Å². The molecular formula is C24H19N3. The van der Waals surface area contributed by atoms with Crippen LogP contribution in [0.2, 0.25) is 0 Å². The van der Waals surface area contributed by atoms with E-state index in [4.69, 9.17) is 10.7 Å². The SMILES string of the molecule is Cc1ccc(-c2cnc3[nH]c4ccc(N)cc4c3c2-c2ccccc2)cc1. The zero-order valence-corrected chi connectivity index (χ0v) is 15.0. The Morgan fingerprint density at radius 3 is 2.41 bits per heavy atom. The molecule has 130 valence electrons. The summed E-state index contributed by atoms with van der Waals surface area (Å²) in [6.07, 6.45) is 1.97. The van der Waals surface area contributed by atoms with Crippen molar-refractivity contribution < 1.29 is 0 Å². The number of benzene rings is 3. The standard InChI is InChI=1S/C24H19N3/c1-15-7-9-16(10-8-15)20-14-26-24-23(22(20)17-5-3-2-4-6-17)19-13-18(25)11-12-21(19)27-24/h2-14H,25H2,1H3,(H,26,27). The first-order valence-electron chi connectivity index (χ1n) is 9.03. The molecule has 0 amide bonds. The molecule has 0 aliphatic heterocycles. The highest BCUT2D eigenvalue weighted by Crippen LogP contribution is 2.40. The predicted molar refractivity (Wildman–Crippen MR) is 114 cm³/mol. The Kier molecular flexibility index (Phi) is 3.47. The number of H-pyrrole nitrogens is 1. The smallest absolute Gasteiger partial charge is 0.138 e. The molecule has 0 spiro atoms. The van der Waals surface area contributed by atoms with Crippen LogP contribution in [0.3, 0.4) is 0 Å². The second-order valence-electron chi connectivity index (χ2n) is 6.93. The molecule has 0 atom stereocenters. The molecule has 0 fully saturated rings. The molecule has 3 heteroatoms. The molecule has 5 rings (SSSR count). The zero-order chi connectivity index (χ0) is 18.4. The Labute approximate surface area is 157 Å². The number of fused-ring (bicyclic) bond motifs is 3. The fourth-order valence-electron chi connectivity index (χ4n) is 3.73. The first kappa shape index (κ1) is 15.6. The van der Waals surface area contributed by atoms with Crippen molar-refractivity contribution in [2.45, 2.75) is 6.92 Å². The number of nitrogens with zero attached hydrogens (tertiary/aromatic N) is 1. The van der Waals surface area contributed by atoms with Gasteiger partial charge >= 0.3 is 0 Å². The monoisotopic (exact) mass is 349 g/mol. The van der Waals surface area contributed by atoms with Crippen LogP contribution in [-0.2, 0) is 0 Å². The van der Waals surface area contributed by atoms with Crippen molar-refractivity contribution in [2.24, 2.45) is 0 Å². The third-order valence-corrected chi connectivity index (χ3v) is 5.07. The van der Waals surface area contributed by atoms with Crippen molar-refractivity contribution in [1.82, 2.24) is 9.97 Å². The van der Waals surface area contributed by atoms with Crippen LogP contribution in [-0.4, -0.2) is 9.97 Å². The highest BCUT2D eigenvalue weighted by atomic mass is 14.9. The molecule has 27 heavy (non-hydrogen) atoms. The van der Waals surface area contributed by atoms with Gasteiger partial charge in [0, 0.05) is 39.3 Å². The zero-order valence-electron chi connectivity index (χ0n) is 15.0. The van der Waals surface area contributed by atoms with Gasteiger partial charge in [-0.25, -0.2) is 4.98 Å². The largest absolute Gasteiger partial charge is 0.399 e. The van der Waals surface area contributed by atoms with Gasteiger partial charge < -0.3 is 10.7 Å². The van der Waals surface area contributed by atoms with E-state index in [0.29, 0.717) is 0 Å². The minimum absolute atomic E-state index is 0.753. The molecule has 2 aromatic heterocycles. The summed E-state index contributed by atoms with van der Waals surface area (Å²) in [6.45, 7) is 2.10. The lowest BCUT2D eigenvalue weighted by molar-refractivity contribution is 1.34. The number of aromatic amines is 1. The van der Waals surface area contributed by atoms with Crippen LogP contribution in [0.4, 0.5) is 5.69 Å². The van der Waals surface area contributed by atoms with Gasteiger partial charge in [0.1, 0.15) is 5.65 Å². The average molecular weight is 349 g/mol. The van der Waals surface area contributed by atoms with Gasteiger partial charge in [0.25, 0.3) is 0 Å². The molecule has 0 saturated heterocycles. The summed E-state index contributed by atoms with van der Waals surface area (Å²) in [5.41, 5.74) is 14.7. The Balaban J connectivity index is 1.94. The Hall–Kier alpha value is -3.59. The van der Waals surface area contributed by atoms with Crippen LogP contribution in [0, 0.1) is 6.92 Å². The number of hydrogen-bond acceptors (Lipinski definition) is 2. The third-order valence-electron chi connectivity index (χ3n) is 5.07. The number of nitrogens with one attached hydrogen (secondary N) is 1. The number of aromatic nitrogens is 2. The summed E-state index contributed by atoms with van der Waals surface area (Å²) in [7, 11) is 0. The third kappa shape index (κ3) is 2.56. The highest BCUT2D eigenvalue weighted by molar-refractivity contribution is 6.16. The van der Waals surface area contributed by atoms with E-state index >= 15 is 0 Å². The van der Waals surface area contributed by atoms with Gasteiger partial charge in [-0.05, 0) is 36.2 Å². The summed E-state index contributed by atoms with van der Waals surface area (Å²) in [5, 5.41) is 2.21. The number of nitrogens with two attached hydrogens (primary N) is 1. The van der Waals surface area contributed by atoms with E-state index in [1.807, 2.05) is 30.5 Å². The number of anilines is 1. The van der Waals surface area contributed by atoms with Crippen molar-refractivity contribution in [1.29, 1.82) is 0 Å². The van der Waals surface area contributed by atoms with E-state index in [-0.39, 0.29) is 0 Å². The molecule has 0 unspecified atom stereocenters. The lowest BCUT2D eigenvalue weighted by Crippen LogP contribution is -1.90. The van der Waals surface area contributed by atoms with Crippen molar-refractivity contribution >= 4 is 27.6 Å². The van der Waals surface area contributed by atoms with E-state index in [2.05, 4.69) is 60.4 Å². The molecule has 3 aromatic carbocycles. The van der Waals surface area contributed by atoms with E-state index in [9.17, 15) is 0 Å². The van der Waals surface area contributed by atoms with Gasteiger partial charge in [0.15, 0.2) is 0 Å². The minimum Gasteiger partial charge on any atom is -0.399 e. The van der Waals surface area contributed by atoms with Gasteiger partial charge in [-0.3, -0.25) is 0 Å². The van der Waals surface area contributed by atoms with Crippen molar-refractivity contribution in [2.75, 3.05) is 5.73 Å². The molecule has 0 saturated carbocycles. The molecule has 0 aliphatic rings. The highest BCUT2D eigenvalue weighted by Gasteiger charge is 2.17. The van der Waals surface area contributed by atoms with Crippen LogP contribution >= 0.6 is 0 Å². The maximum Gasteiger partial charge on any atom is 0.138 e. The molecule has 0 bridgehead atoms. The average Bonchev–Trinajstić information content (AvgIpc) is 3.06. The molecular weight excluding hydrogens is 330 g/mol. The molecule has 3 N–H and O–H groups in total. The lowest BCUT2D eigenvalue weighted by Gasteiger charge is -2.12. The number of rotatable bonds is 2. The Bertz CT molecular complexity index is 1270. The fourth-order valence-corrected chi connectivity index (χ4v) is 3.73. The summed E-state index contributed by atoms with van der Waals surface area (Å²) in [6, 6.07) is 25.1. The van der Waals surface area contributed by atoms with Crippen LogP contribution < -0.4 is 5.73 Å². The van der Waals surface area contributed by atoms with Crippen molar-refractivity contribution in [3.05, 3.63) is 84.6 Å². The van der Waals surface area contributed by atoms with Crippen LogP contribution in [0.25, 0.3) is 44.2 Å². The van der Waals surface area contributed by atoms with Crippen LogP contribution in [0.5, 0.6) is 0 Å². The maximum atomic E-state index is 6.09. The van der Waals surface area contributed by atoms with Gasteiger partial charge in [-0.15, -0.1) is 0 Å². The molecule has 3 nitrogen and oxygen atoms in total.